The highest BCUT2D eigenvalue weighted by atomic mass is 35.5. The number of anilines is 1. The number of nitrogens with one attached hydrogen (secondary N) is 2. The van der Waals surface area contributed by atoms with Gasteiger partial charge in [-0.2, -0.15) is 0 Å². The van der Waals surface area contributed by atoms with Gasteiger partial charge in [-0.05, 0) is 17.7 Å². The van der Waals surface area contributed by atoms with Gasteiger partial charge < -0.3 is 9.73 Å². The van der Waals surface area contributed by atoms with Crippen molar-refractivity contribution < 1.29 is 9.21 Å². The number of urea groups is 1. The fourth-order valence-corrected chi connectivity index (χ4v) is 1.53. The Labute approximate surface area is 104 Å². The van der Waals surface area contributed by atoms with Gasteiger partial charge in [-0.3, -0.25) is 5.32 Å². The van der Waals surface area contributed by atoms with Gasteiger partial charge in [0.1, 0.15) is 0 Å². The molecule has 0 aliphatic rings. The first kappa shape index (κ1) is 11.5. The lowest BCUT2D eigenvalue weighted by atomic mass is 10.2. The van der Waals surface area contributed by atoms with Gasteiger partial charge >= 0.3 is 6.03 Å². The van der Waals surface area contributed by atoms with Gasteiger partial charge in [0, 0.05) is 17.6 Å². The van der Waals surface area contributed by atoms with Gasteiger partial charge in [-0.1, -0.05) is 29.8 Å². The maximum Gasteiger partial charge on any atom is 0.321 e. The molecule has 0 aliphatic heterocycles. The van der Waals surface area contributed by atoms with Crippen molar-refractivity contribution in [2.45, 2.75) is 6.54 Å². The number of halogens is 1. The van der Waals surface area contributed by atoms with Crippen LogP contribution in [0.15, 0.2) is 47.1 Å². The Morgan fingerprint density at radius 1 is 1.24 bits per heavy atom. The maximum atomic E-state index is 11.5. The molecular weight excluding hydrogens is 240 g/mol. The molecule has 2 rings (SSSR count). The zero-order chi connectivity index (χ0) is 12.1. The Bertz CT molecular complexity index is 497. The largest absolute Gasteiger partial charge is 0.449 e. The number of carbonyl (C=O) groups excluding carboxylic acids is 1. The lowest BCUT2D eigenvalue weighted by molar-refractivity contribution is 0.251. The van der Waals surface area contributed by atoms with Gasteiger partial charge in [0.05, 0.1) is 6.26 Å². The van der Waals surface area contributed by atoms with Crippen LogP contribution in [0.5, 0.6) is 0 Å². The fourth-order valence-electron chi connectivity index (χ4n) is 1.32. The Morgan fingerprint density at radius 3 is 2.76 bits per heavy atom. The van der Waals surface area contributed by atoms with Crippen molar-refractivity contribution in [2.75, 3.05) is 5.32 Å². The number of carbonyl (C=O) groups is 1. The van der Waals surface area contributed by atoms with Gasteiger partial charge in [0.25, 0.3) is 0 Å². The van der Waals surface area contributed by atoms with Gasteiger partial charge in [-0.15, -0.1) is 0 Å². The van der Waals surface area contributed by atoms with Gasteiger partial charge in [0.2, 0.25) is 5.88 Å². The summed E-state index contributed by atoms with van der Waals surface area (Å²) in [5, 5.41) is 5.87. The Hall–Kier alpha value is -1.94. The summed E-state index contributed by atoms with van der Waals surface area (Å²) in [6.45, 7) is 0.367. The monoisotopic (exact) mass is 250 g/mol. The molecule has 0 aliphatic carbocycles. The minimum absolute atomic E-state index is 0.333. The molecule has 88 valence electrons. The van der Waals surface area contributed by atoms with Gasteiger partial charge in [0.15, 0.2) is 0 Å². The molecule has 0 atom stereocenters. The van der Waals surface area contributed by atoms with Gasteiger partial charge in [-0.25, -0.2) is 4.79 Å². The second-order valence-electron chi connectivity index (χ2n) is 3.38. The van der Waals surface area contributed by atoms with Crippen molar-refractivity contribution in [1.29, 1.82) is 0 Å². The quantitative estimate of drug-likeness (QED) is 0.879. The predicted molar refractivity (Wildman–Crippen MR) is 66.0 cm³/mol. The van der Waals surface area contributed by atoms with Crippen LogP contribution in [0.3, 0.4) is 0 Å². The van der Waals surface area contributed by atoms with E-state index < -0.39 is 0 Å². The van der Waals surface area contributed by atoms with Crippen LogP contribution in [-0.4, -0.2) is 6.03 Å². The summed E-state index contributed by atoms with van der Waals surface area (Å²) in [4.78, 5) is 11.5. The third-order valence-corrected chi connectivity index (χ3v) is 2.52. The molecule has 0 fully saturated rings. The highest BCUT2D eigenvalue weighted by Crippen LogP contribution is 2.14. The van der Waals surface area contributed by atoms with E-state index in [-0.39, 0.29) is 6.03 Å². The summed E-state index contributed by atoms with van der Waals surface area (Å²) in [5.74, 6) is 0.404. The molecule has 17 heavy (non-hydrogen) atoms. The molecule has 5 heteroatoms. The first-order valence-electron chi connectivity index (χ1n) is 5.07. The van der Waals surface area contributed by atoms with Crippen LogP contribution in [-0.2, 0) is 6.54 Å². The highest BCUT2D eigenvalue weighted by molar-refractivity contribution is 6.31. The minimum atomic E-state index is -0.333. The van der Waals surface area contributed by atoms with E-state index in [1.54, 1.807) is 18.2 Å². The molecule has 0 saturated heterocycles. The Morgan fingerprint density at radius 2 is 2.06 bits per heavy atom. The van der Waals surface area contributed by atoms with E-state index in [2.05, 4.69) is 10.6 Å². The standard InChI is InChI=1S/C12H11ClN2O2/c13-10-5-2-1-4-9(10)8-14-12(16)15-11-6-3-7-17-11/h1-7H,8H2,(H2,14,15,16). The van der Waals surface area contributed by atoms with Crippen LogP contribution in [0, 0.1) is 0 Å². The maximum absolute atomic E-state index is 11.5. The summed E-state index contributed by atoms with van der Waals surface area (Å²) < 4.78 is 4.98. The van der Waals surface area contributed by atoms with Crippen LogP contribution in [0.1, 0.15) is 5.56 Å². The van der Waals surface area contributed by atoms with Crippen molar-refractivity contribution in [3.05, 3.63) is 53.2 Å². The third-order valence-electron chi connectivity index (χ3n) is 2.16. The van der Waals surface area contributed by atoms with E-state index in [0.717, 1.165) is 5.56 Å². The smallest absolute Gasteiger partial charge is 0.321 e. The van der Waals surface area contributed by atoms with E-state index in [0.29, 0.717) is 17.5 Å². The number of hydrogen-bond donors (Lipinski definition) is 2. The summed E-state index contributed by atoms with van der Waals surface area (Å²) in [6.07, 6.45) is 1.49. The second kappa shape index (κ2) is 5.41. The molecule has 2 amide bonds. The average Bonchev–Trinajstić information content (AvgIpc) is 2.81. The molecule has 0 saturated carbocycles. The molecule has 0 unspecified atom stereocenters. The first-order valence-corrected chi connectivity index (χ1v) is 5.45. The van der Waals surface area contributed by atoms with Crippen LogP contribution < -0.4 is 10.6 Å². The second-order valence-corrected chi connectivity index (χ2v) is 3.78. The lowest BCUT2D eigenvalue weighted by Gasteiger charge is -2.06. The minimum Gasteiger partial charge on any atom is -0.449 e. The van der Waals surface area contributed by atoms with Crippen molar-refractivity contribution >= 4 is 23.5 Å². The van der Waals surface area contributed by atoms with Crippen LogP contribution in [0.4, 0.5) is 10.7 Å². The number of benzene rings is 1. The van der Waals surface area contributed by atoms with Crippen molar-refractivity contribution in [1.82, 2.24) is 5.32 Å². The SMILES string of the molecule is O=C(NCc1ccccc1Cl)Nc1ccco1. The van der Waals surface area contributed by atoms with E-state index in [1.165, 1.54) is 6.26 Å². The number of rotatable bonds is 3. The van der Waals surface area contributed by atoms with E-state index in [9.17, 15) is 4.79 Å². The molecule has 0 radical (unpaired) electrons. The topological polar surface area (TPSA) is 54.3 Å². The van der Waals surface area contributed by atoms with E-state index in [1.807, 2.05) is 18.2 Å². The van der Waals surface area contributed by atoms with E-state index >= 15 is 0 Å². The summed E-state index contributed by atoms with van der Waals surface area (Å²) >= 11 is 5.96. The normalized spacial score (nSPS) is 9.94. The van der Waals surface area contributed by atoms with E-state index in [4.69, 9.17) is 16.0 Å². The third kappa shape index (κ3) is 3.26. The number of amides is 2. The predicted octanol–water partition coefficient (Wildman–Crippen LogP) is 3.25. The molecule has 0 spiro atoms. The molecule has 1 heterocycles. The average molecular weight is 251 g/mol. The molecule has 1 aromatic carbocycles. The molecular formula is C12H11ClN2O2. The lowest BCUT2D eigenvalue weighted by Crippen LogP contribution is -2.28. The fraction of sp³-hybridized carbons (Fsp3) is 0.0833. The zero-order valence-corrected chi connectivity index (χ0v) is 9.70. The Balaban J connectivity index is 1.86. The number of hydrogen-bond acceptors (Lipinski definition) is 2. The summed E-state index contributed by atoms with van der Waals surface area (Å²) in [6, 6.07) is 10.4. The van der Waals surface area contributed by atoms with Crippen molar-refractivity contribution in [3.8, 4) is 0 Å². The number of furan rings is 1. The van der Waals surface area contributed by atoms with Crippen LogP contribution in [0.25, 0.3) is 0 Å². The first-order chi connectivity index (χ1) is 8.25. The Kier molecular flexibility index (Phi) is 3.67. The highest BCUT2D eigenvalue weighted by Gasteiger charge is 2.04. The van der Waals surface area contributed by atoms with Crippen LogP contribution >= 0.6 is 11.6 Å². The molecule has 0 bridgehead atoms. The zero-order valence-electron chi connectivity index (χ0n) is 8.94. The molecule has 2 aromatic rings. The molecule has 4 nitrogen and oxygen atoms in total. The summed E-state index contributed by atoms with van der Waals surface area (Å²) in [7, 11) is 0. The molecule has 1 aromatic heterocycles. The van der Waals surface area contributed by atoms with Crippen molar-refractivity contribution in [3.63, 3.8) is 0 Å². The molecule has 2 N–H and O–H groups in total. The van der Waals surface area contributed by atoms with Crippen molar-refractivity contribution in [2.24, 2.45) is 0 Å². The van der Waals surface area contributed by atoms with Crippen LogP contribution in [0.2, 0.25) is 5.02 Å². The summed E-state index contributed by atoms with van der Waals surface area (Å²) in [5.41, 5.74) is 0.865.